The van der Waals surface area contributed by atoms with Gasteiger partial charge in [0, 0.05) is 26.5 Å². The summed E-state index contributed by atoms with van der Waals surface area (Å²) in [7, 11) is 0. The molecule has 0 saturated carbocycles. The molecule has 1 fully saturated rings. The van der Waals surface area contributed by atoms with Gasteiger partial charge in [-0.2, -0.15) is 0 Å². The number of carbonyl (C=O) groups is 3. The van der Waals surface area contributed by atoms with E-state index < -0.39 is 41.7 Å². The number of thioether (sulfide) groups is 1. The molecule has 2 heterocycles. The summed E-state index contributed by atoms with van der Waals surface area (Å²) in [6, 6.07) is 5.50. The SMILES string of the molecule is CC(=O)O[C@@H]1[C@@H](OC(C)=O)[C@H](OC(C)=O)CS[C@H]1Oc1ccc2nc(C)sc2c1. The zero-order valence-electron chi connectivity index (χ0n) is 16.4. The van der Waals surface area contributed by atoms with Crippen molar-refractivity contribution >= 4 is 51.2 Å². The topological polar surface area (TPSA) is 101 Å². The molecule has 1 saturated heterocycles. The summed E-state index contributed by atoms with van der Waals surface area (Å²) in [4.78, 5) is 39.2. The van der Waals surface area contributed by atoms with Gasteiger partial charge in [-0.25, -0.2) is 4.98 Å². The third-order valence-corrected chi connectivity index (χ3v) is 6.17. The zero-order chi connectivity index (χ0) is 21.1. The smallest absolute Gasteiger partial charge is 0.303 e. The largest absolute Gasteiger partial charge is 0.476 e. The molecule has 0 spiro atoms. The highest BCUT2D eigenvalue weighted by atomic mass is 32.2. The normalized spacial score (nSPS) is 24.0. The number of hydrogen-bond acceptors (Lipinski definition) is 10. The van der Waals surface area contributed by atoms with E-state index >= 15 is 0 Å². The van der Waals surface area contributed by atoms with Crippen molar-refractivity contribution in [1.29, 1.82) is 0 Å². The first-order valence-electron chi connectivity index (χ1n) is 8.90. The van der Waals surface area contributed by atoms with Gasteiger partial charge in [0.25, 0.3) is 0 Å². The van der Waals surface area contributed by atoms with Gasteiger partial charge in [-0.1, -0.05) is 0 Å². The molecule has 0 unspecified atom stereocenters. The molecule has 2 aromatic rings. The number of hydrogen-bond donors (Lipinski definition) is 0. The number of carbonyl (C=O) groups excluding carboxylic acids is 3. The Morgan fingerprint density at radius 2 is 1.66 bits per heavy atom. The van der Waals surface area contributed by atoms with Crippen LogP contribution < -0.4 is 4.74 Å². The van der Waals surface area contributed by atoms with Crippen LogP contribution in [0.25, 0.3) is 10.2 Å². The maximum atomic E-state index is 11.7. The first-order chi connectivity index (χ1) is 13.7. The molecule has 156 valence electrons. The number of nitrogens with zero attached hydrogens (tertiary/aromatic N) is 1. The lowest BCUT2D eigenvalue weighted by atomic mass is 10.1. The standard InChI is InChI=1S/C19H21NO7S2/c1-9-20-14-6-5-13(7-16(14)29-9)27-19-18(26-12(4)23)17(25-11(3)22)15(8-28-19)24-10(2)21/h5-7,15,17-19H,8H2,1-4H3/t15-,17+,18-,19-/m1/s1. The predicted molar refractivity (Wildman–Crippen MR) is 108 cm³/mol. The fourth-order valence-electron chi connectivity index (χ4n) is 3.04. The molecule has 3 rings (SSSR count). The Morgan fingerprint density at radius 3 is 2.31 bits per heavy atom. The molecule has 0 N–H and O–H groups in total. The minimum Gasteiger partial charge on any atom is -0.476 e. The lowest BCUT2D eigenvalue weighted by molar-refractivity contribution is -0.186. The molecule has 1 aromatic carbocycles. The van der Waals surface area contributed by atoms with Crippen LogP contribution in [0.5, 0.6) is 5.75 Å². The van der Waals surface area contributed by atoms with Gasteiger partial charge in [-0.05, 0) is 25.1 Å². The Morgan fingerprint density at radius 1 is 1.00 bits per heavy atom. The molecule has 4 atom stereocenters. The summed E-state index contributed by atoms with van der Waals surface area (Å²) in [5, 5.41) is 0.945. The number of aromatic nitrogens is 1. The lowest BCUT2D eigenvalue weighted by Gasteiger charge is -2.39. The van der Waals surface area contributed by atoms with E-state index in [1.807, 2.05) is 19.1 Å². The van der Waals surface area contributed by atoms with Crippen LogP contribution >= 0.6 is 23.1 Å². The van der Waals surface area contributed by atoms with E-state index in [-0.39, 0.29) is 0 Å². The van der Waals surface area contributed by atoms with Crippen LogP contribution in [0.4, 0.5) is 0 Å². The quantitative estimate of drug-likeness (QED) is 0.514. The van der Waals surface area contributed by atoms with E-state index in [0.29, 0.717) is 11.5 Å². The first kappa shape index (κ1) is 21.4. The molecule has 1 aromatic heterocycles. The van der Waals surface area contributed by atoms with E-state index in [4.69, 9.17) is 18.9 Å². The molecular weight excluding hydrogens is 418 g/mol. The van der Waals surface area contributed by atoms with Crippen molar-refractivity contribution in [2.24, 2.45) is 0 Å². The number of esters is 3. The highest BCUT2D eigenvalue weighted by Crippen LogP contribution is 2.35. The Balaban J connectivity index is 1.87. The van der Waals surface area contributed by atoms with Gasteiger partial charge in [-0.3, -0.25) is 14.4 Å². The van der Waals surface area contributed by atoms with Crippen molar-refractivity contribution in [2.75, 3.05) is 5.75 Å². The van der Waals surface area contributed by atoms with E-state index in [1.165, 1.54) is 32.5 Å². The van der Waals surface area contributed by atoms with Gasteiger partial charge in [-0.15, -0.1) is 23.1 Å². The summed E-state index contributed by atoms with van der Waals surface area (Å²) in [5.74, 6) is -0.750. The Labute approximate surface area is 175 Å². The maximum Gasteiger partial charge on any atom is 0.303 e. The summed E-state index contributed by atoms with van der Waals surface area (Å²) in [6.45, 7) is 5.70. The average Bonchev–Trinajstić information content (AvgIpc) is 2.98. The van der Waals surface area contributed by atoms with E-state index in [0.717, 1.165) is 15.2 Å². The molecule has 1 aliphatic heterocycles. The van der Waals surface area contributed by atoms with Crippen LogP contribution in [0.2, 0.25) is 0 Å². The summed E-state index contributed by atoms with van der Waals surface area (Å²) in [5.41, 5.74) is 0.224. The second-order valence-electron chi connectivity index (χ2n) is 6.48. The zero-order valence-corrected chi connectivity index (χ0v) is 18.0. The first-order valence-corrected chi connectivity index (χ1v) is 10.8. The Hall–Kier alpha value is -2.33. The van der Waals surface area contributed by atoms with Crippen LogP contribution in [0.15, 0.2) is 18.2 Å². The molecule has 1 aliphatic rings. The third kappa shape index (κ3) is 5.39. The van der Waals surface area contributed by atoms with Gasteiger partial charge < -0.3 is 18.9 Å². The molecule has 29 heavy (non-hydrogen) atoms. The summed E-state index contributed by atoms with van der Waals surface area (Å²) >= 11 is 2.87. The number of aryl methyl sites for hydroxylation is 1. The summed E-state index contributed by atoms with van der Waals surface area (Å²) in [6.07, 6.45) is -2.67. The summed E-state index contributed by atoms with van der Waals surface area (Å²) < 4.78 is 23.1. The van der Waals surface area contributed by atoms with Crippen molar-refractivity contribution in [2.45, 2.75) is 51.4 Å². The number of benzene rings is 1. The molecular formula is C19H21NO7S2. The van der Waals surface area contributed by atoms with Crippen LogP contribution in [0.3, 0.4) is 0 Å². The lowest BCUT2D eigenvalue weighted by Crippen LogP contribution is -2.55. The Bertz CT molecular complexity index is 928. The minimum atomic E-state index is -0.971. The van der Waals surface area contributed by atoms with Crippen molar-refractivity contribution in [1.82, 2.24) is 4.98 Å². The highest BCUT2D eigenvalue weighted by molar-refractivity contribution is 7.99. The predicted octanol–water partition coefficient (Wildman–Crippen LogP) is 2.85. The number of fused-ring (bicyclic) bond motifs is 1. The van der Waals surface area contributed by atoms with E-state index in [9.17, 15) is 14.4 Å². The molecule has 0 bridgehead atoms. The fraction of sp³-hybridized carbons (Fsp3) is 0.474. The van der Waals surface area contributed by atoms with Gasteiger partial charge in [0.1, 0.15) is 5.75 Å². The molecule has 8 nitrogen and oxygen atoms in total. The minimum absolute atomic E-state index is 0.321. The maximum absolute atomic E-state index is 11.7. The van der Waals surface area contributed by atoms with Crippen molar-refractivity contribution in [3.05, 3.63) is 23.2 Å². The second kappa shape index (κ2) is 9.00. The van der Waals surface area contributed by atoms with Gasteiger partial charge in [0.15, 0.2) is 23.7 Å². The van der Waals surface area contributed by atoms with Crippen molar-refractivity contribution < 1.29 is 33.3 Å². The molecule has 0 aliphatic carbocycles. The van der Waals surface area contributed by atoms with Crippen LogP contribution in [0, 0.1) is 6.92 Å². The van der Waals surface area contributed by atoms with Crippen LogP contribution in [0.1, 0.15) is 25.8 Å². The number of thiazole rings is 1. The fourth-order valence-corrected chi connectivity index (χ4v) is 5.11. The van der Waals surface area contributed by atoms with Crippen molar-refractivity contribution in [3.8, 4) is 5.75 Å². The highest BCUT2D eigenvalue weighted by Gasteiger charge is 2.47. The van der Waals surface area contributed by atoms with Gasteiger partial charge >= 0.3 is 17.9 Å². The van der Waals surface area contributed by atoms with Crippen LogP contribution in [-0.4, -0.2) is 52.4 Å². The molecule has 0 amide bonds. The molecule has 10 heteroatoms. The molecule has 0 radical (unpaired) electrons. The van der Waals surface area contributed by atoms with Crippen LogP contribution in [-0.2, 0) is 28.6 Å². The monoisotopic (exact) mass is 439 g/mol. The van der Waals surface area contributed by atoms with E-state index in [2.05, 4.69) is 4.98 Å². The van der Waals surface area contributed by atoms with Gasteiger partial charge in [0.05, 0.1) is 15.2 Å². The number of rotatable bonds is 5. The van der Waals surface area contributed by atoms with Crippen molar-refractivity contribution in [3.63, 3.8) is 0 Å². The Kier molecular flexibility index (Phi) is 6.63. The third-order valence-electron chi connectivity index (χ3n) is 4.02. The van der Waals surface area contributed by atoms with E-state index in [1.54, 1.807) is 17.4 Å². The van der Waals surface area contributed by atoms with Gasteiger partial charge in [0.2, 0.25) is 0 Å². The second-order valence-corrected chi connectivity index (χ2v) is 8.84. The average molecular weight is 440 g/mol. The number of ether oxygens (including phenoxy) is 4.